The molecule has 4 heteroatoms. The molecule has 2 aliphatic carbocycles. The van der Waals surface area contributed by atoms with Gasteiger partial charge in [-0.15, -0.1) is 0 Å². The summed E-state index contributed by atoms with van der Waals surface area (Å²) in [6, 6.07) is 5.54. The highest BCUT2D eigenvalue weighted by Gasteiger charge is 2.39. The van der Waals surface area contributed by atoms with E-state index < -0.39 is 6.10 Å². The minimum atomic E-state index is -0.529. The Morgan fingerprint density at radius 2 is 1.71 bits per heavy atom. The number of aliphatic hydroxyl groups is 1. The monoisotopic (exact) mass is 486 g/mol. The van der Waals surface area contributed by atoms with Crippen LogP contribution in [-0.4, -0.2) is 28.2 Å². The van der Waals surface area contributed by atoms with Crippen molar-refractivity contribution >= 4 is 5.78 Å². The maximum Gasteiger partial charge on any atom is 0.161 e. The molecule has 198 valence electrons. The molecule has 1 aromatic rings. The van der Waals surface area contributed by atoms with Gasteiger partial charge >= 0.3 is 0 Å². The van der Waals surface area contributed by atoms with Crippen LogP contribution in [0.2, 0.25) is 0 Å². The maximum absolute atomic E-state index is 13.2. The third-order valence-electron chi connectivity index (χ3n) is 8.64. The second kappa shape index (κ2) is 14.3. The minimum Gasteiger partial charge on any atom is -0.504 e. The zero-order valence-electron chi connectivity index (χ0n) is 22.4. The third kappa shape index (κ3) is 8.51. The summed E-state index contributed by atoms with van der Waals surface area (Å²) in [7, 11) is 0. The number of carbonyl (C=O) groups excluding carboxylic acids is 1. The molecule has 2 fully saturated rings. The van der Waals surface area contributed by atoms with Crippen LogP contribution < -0.4 is 4.74 Å². The van der Waals surface area contributed by atoms with Crippen molar-refractivity contribution in [1.29, 1.82) is 0 Å². The van der Waals surface area contributed by atoms with E-state index in [2.05, 4.69) is 13.8 Å². The molecule has 0 heterocycles. The van der Waals surface area contributed by atoms with Crippen LogP contribution in [0.4, 0.5) is 0 Å². The molecule has 3 atom stereocenters. The fraction of sp³-hybridized carbons (Fsp3) is 0.774. The van der Waals surface area contributed by atoms with Crippen molar-refractivity contribution in [2.24, 2.45) is 11.3 Å². The highest BCUT2D eigenvalue weighted by atomic mass is 16.5. The number of ether oxygens (including phenoxy) is 1. The molecule has 0 amide bonds. The lowest BCUT2D eigenvalue weighted by Crippen LogP contribution is -2.32. The predicted octanol–water partition coefficient (Wildman–Crippen LogP) is 7.91. The fourth-order valence-electron chi connectivity index (χ4n) is 6.50. The van der Waals surface area contributed by atoms with Gasteiger partial charge < -0.3 is 14.9 Å². The quantitative estimate of drug-likeness (QED) is 0.247. The molecular weight excluding hydrogens is 436 g/mol. The Kier molecular flexibility index (Phi) is 11.4. The molecule has 2 aliphatic rings. The van der Waals surface area contributed by atoms with Crippen LogP contribution in [0.25, 0.3) is 0 Å². The molecule has 2 N–H and O–H groups in total. The number of carbonyl (C=O) groups is 1. The molecule has 0 radical (unpaired) electrons. The number of Topliss-reactive ketones (excluding diaryl/α,β-unsaturated/α-hetero) is 1. The largest absolute Gasteiger partial charge is 0.504 e. The SMILES string of the molecule is CCCCC[C@@H](O)[C@@H](CCCCC)C(=O)CCc1ccc(O)c(O[C@@H]2CCCC3(CCCC3)C2)c1. The van der Waals surface area contributed by atoms with Gasteiger partial charge in [0.05, 0.1) is 12.2 Å². The van der Waals surface area contributed by atoms with Gasteiger partial charge in [-0.1, -0.05) is 71.3 Å². The van der Waals surface area contributed by atoms with Crippen molar-refractivity contribution in [1.82, 2.24) is 0 Å². The number of rotatable bonds is 15. The first-order valence-electron chi connectivity index (χ1n) is 14.7. The topological polar surface area (TPSA) is 66.8 Å². The Morgan fingerprint density at radius 1 is 1.03 bits per heavy atom. The average Bonchev–Trinajstić information content (AvgIpc) is 3.29. The number of aryl methyl sites for hydroxylation is 1. The van der Waals surface area contributed by atoms with Gasteiger partial charge in [0.1, 0.15) is 5.78 Å². The zero-order chi connectivity index (χ0) is 25.1. The first-order valence-corrected chi connectivity index (χ1v) is 14.7. The van der Waals surface area contributed by atoms with Crippen molar-refractivity contribution in [3.8, 4) is 11.5 Å². The van der Waals surface area contributed by atoms with Crippen LogP contribution in [0.3, 0.4) is 0 Å². The molecule has 4 nitrogen and oxygen atoms in total. The first-order chi connectivity index (χ1) is 17.0. The molecule has 0 unspecified atom stereocenters. The van der Waals surface area contributed by atoms with Gasteiger partial charge in [-0.3, -0.25) is 4.79 Å². The smallest absolute Gasteiger partial charge is 0.161 e. The average molecular weight is 487 g/mol. The number of hydrogen-bond acceptors (Lipinski definition) is 4. The normalized spacial score (nSPS) is 21.2. The zero-order valence-corrected chi connectivity index (χ0v) is 22.4. The Bertz CT molecular complexity index is 767. The van der Waals surface area contributed by atoms with Crippen LogP contribution in [0, 0.1) is 11.3 Å². The molecule has 0 saturated heterocycles. The highest BCUT2D eigenvalue weighted by molar-refractivity contribution is 5.81. The van der Waals surface area contributed by atoms with Crippen molar-refractivity contribution in [2.45, 2.75) is 142 Å². The number of phenols is 1. The summed E-state index contributed by atoms with van der Waals surface area (Å²) in [5, 5.41) is 21.2. The summed E-state index contributed by atoms with van der Waals surface area (Å²) >= 11 is 0. The first kappa shape index (κ1) is 28.0. The van der Waals surface area contributed by atoms with E-state index >= 15 is 0 Å². The summed E-state index contributed by atoms with van der Waals surface area (Å²) in [6.45, 7) is 4.33. The number of benzene rings is 1. The number of aliphatic hydroxyl groups excluding tert-OH is 1. The molecule has 0 aromatic heterocycles. The van der Waals surface area contributed by atoms with E-state index in [1.165, 1.54) is 38.5 Å². The summed E-state index contributed by atoms with van der Waals surface area (Å²) < 4.78 is 6.35. The molecule has 1 aromatic carbocycles. The highest BCUT2D eigenvalue weighted by Crippen LogP contribution is 2.49. The lowest BCUT2D eigenvalue weighted by molar-refractivity contribution is -0.126. The van der Waals surface area contributed by atoms with Crippen molar-refractivity contribution in [2.75, 3.05) is 0 Å². The van der Waals surface area contributed by atoms with E-state index in [1.54, 1.807) is 6.07 Å². The Morgan fingerprint density at radius 3 is 2.43 bits per heavy atom. The number of aromatic hydroxyl groups is 1. The molecular formula is C31H50O4. The fourth-order valence-corrected chi connectivity index (χ4v) is 6.50. The van der Waals surface area contributed by atoms with Gasteiger partial charge in [-0.2, -0.15) is 0 Å². The van der Waals surface area contributed by atoms with Crippen LogP contribution in [-0.2, 0) is 11.2 Å². The molecule has 0 aliphatic heterocycles. The number of ketones is 1. The standard InChI is InChI=1S/C31H50O4/c1-3-5-7-13-26(27(32)14-8-6-4-2)28(33)17-15-24-16-18-29(34)30(22-24)35-25-12-11-21-31(23-25)19-9-10-20-31/h16,18,22,25-27,32,34H,3-15,17,19-21,23H2,1-2H3/t25-,26-,27-/m1/s1. The van der Waals surface area contributed by atoms with Crippen LogP contribution >= 0.6 is 0 Å². The summed E-state index contributed by atoms with van der Waals surface area (Å²) in [5.41, 5.74) is 1.48. The third-order valence-corrected chi connectivity index (χ3v) is 8.64. The van der Waals surface area contributed by atoms with Gasteiger partial charge in [0.25, 0.3) is 0 Å². The Balaban J connectivity index is 1.57. The van der Waals surface area contributed by atoms with Gasteiger partial charge in [0.2, 0.25) is 0 Å². The molecule has 3 rings (SSSR count). The van der Waals surface area contributed by atoms with Crippen molar-refractivity contribution < 1.29 is 19.7 Å². The lowest BCUT2D eigenvalue weighted by atomic mass is 9.72. The summed E-state index contributed by atoms with van der Waals surface area (Å²) in [4.78, 5) is 13.2. The van der Waals surface area contributed by atoms with Gasteiger partial charge in [-0.25, -0.2) is 0 Å². The number of hydrogen-bond donors (Lipinski definition) is 2. The van der Waals surface area contributed by atoms with E-state index in [4.69, 9.17) is 4.74 Å². The Labute approximate surface area is 213 Å². The van der Waals surface area contributed by atoms with E-state index in [-0.39, 0.29) is 23.6 Å². The molecule has 1 spiro atoms. The van der Waals surface area contributed by atoms with Crippen molar-refractivity contribution in [3.05, 3.63) is 23.8 Å². The molecule has 2 saturated carbocycles. The van der Waals surface area contributed by atoms with E-state index in [0.29, 0.717) is 24.0 Å². The molecule has 35 heavy (non-hydrogen) atoms. The second-order valence-corrected chi connectivity index (χ2v) is 11.5. The van der Waals surface area contributed by atoms with Crippen LogP contribution in [0.15, 0.2) is 18.2 Å². The predicted molar refractivity (Wildman–Crippen MR) is 143 cm³/mol. The van der Waals surface area contributed by atoms with Crippen LogP contribution in [0.5, 0.6) is 11.5 Å². The van der Waals surface area contributed by atoms with Gasteiger partial charge in [-0.05, 0) is 80.9 Å². The maximum atomic E-state index is 13.2. The molecule has 0 bridgehead atoms. The van der Waals surface area contributed by atoms with Crippen molar-refractivity contribution in [3.63, 3.8) is 0 Å². The van der Waals surface area contributed by atoms with E-state index in [9.17, 15) is 15.0 Å². The summed E-state index contributed by atoms with van der Waals surface area (Å²) in [6.07, 6.45) is 18.6. The van der Waals surface area contributed by atoms with E-state index in [0.717, 1.165) is 69.8 Å². The minimum absolute atomic E-state index is 0.172. The van der Waals surface area contributed by atoms with E-state index in [1.807, 2.05) is 12.1 Å². The number of phenolic OH excluding ortho intramolecular Hbond substituents is 1. The Hall–Kier alpha value is -1.55. The number of unbranched alkanes of at least 4 members (excludes halogenated alkanes) is 4. The van der Waals surface area contributed by atoms with Crippen LogP contribution in [0.1, 0.15) is 129 Å². The van der Waals surface area contributed by atoms with Gasteiger partial charge in [0.15, 0.2) is 11.5 Å². The summed E-state index contributed by atoms with van der Waals surface area (Å²) in [5.74, 6) is 0.677. The second-order valence-electron chi connectivity index (χ2n) is 11.5. The van der Waals surface area contributed by atoms with Gasteiger partial charge in [0, 0.05) is 12.3 Å². The lowest BCUT2D eigenvalue weighted by Gasteiger charge is -2.38.